The second-order valence-corrected chi connectivity index (χ2v) is 8.69. The first-order valence-corrected chi connectivity index (χ1v) is 9.77. The molecule has 0 aromatic heterocycles. The molecule has 0 radical (unpaired) electrons. The van der Waals surface area contributed by atoms with Crippen molar-refractivity contribution in [2.75, 3.05) is 27.2 Å². The highest BCUT2D eigenvalue weighted by Crippen LogP contribution is 2.19. The van der Waals surface area contributed by atoms with Gasteiger partial charge >= 0.3 is 0 Å². The molecule has 142 valence electrons. The molecular formula is C17H28ClN3O3S. The molecule has 0 spiro atoms. The maximum absolute atomic E-state index is 12.1. The average Bonchev–Trinajstić information content (AvgIpc) is 3.06. The third-order valence-corrected chi connectivity index (χ3v) is 6.31. The predicted octanol–water partition coefficient (Wildman–Crippen LogP) is 1.93. The van der Waals surface area contributed by atoms with Crippen LogP contribution in [0.3, 0.4) is 0 Å². The second-order valence-electron chi connectivity index (χ2n) is 6.54. The van der Waals surface area contributed by atoms with E-state index in [0.29, 0.717) is 12.3 Å². The van der Waals surface area contributed by atoms with Crippen LogP contribution in [0.5, 0.6) is 0 Å². The van der Waals surface area contributed by atoms with Crippen molar-refractivity contribution in [1.29, 1.82) is 0 Å². The monoisotopic (exact) mass is 389 g/mol. The van der Waals surface area contributed by atoms with E-state index in [1.54, 1.807) is 24.3 Å². The van der Waals surface area contributed by atoms with Crippen molar-refractivity contribution in [2.24, 2.45) is 5.92 Å². The summed E-state index contributed by atoms with van der Waals surface area (Å²) in [6, 6.07) is 6.52. The van der Waals surface area contributed by atoms with E-state index in [1.807, 2.05) is 6.92 Å². The summed E-state index contributed by atoms with van der Waals surface area (Å²) in [4.78, 5) is 12.3. The Kier molecular flexibility index (Phi) is 8.34. The lowest BCUT2D eigenvalue weighted by molar-refractivity contribution is -0.122. The number of carbonyl (C=O) groups excluding carboxylic acids is 1. The minimum absolute atomic E-state index is 0. The first-order valence-electron chi connectivity index (χ1n) is 8.33. The quantitative estimate of drug-likeness (QED) is 0.746. The molecule has 1 fully saturated rings. The van der Waals surface area contributed by atoms with Crippen molar-refractivity contribution in [3.63, 3.8) is 0 Å². The van der Waals surface area contributed by atoms with Gasteiger partial charge < -0.3 is 10.6 Å². The van der Waals surface area contributed by atoms with E-state index < -0.39 is 10.0 Å². The van der Waals surface area contributed by atoms with E-state index in [4.69, 9.17) is 0 Å². The van der Waals surface area contributed by atoms with Crippen molar-refractivity contribution in [3.8, 4) is 0 Å². The van der Waals surface area contributed by atoms with Gasteiger partial charge in [0.2, 0.25) is 15.9 Å². The lowest BCUT2D eigenvalue weighted by Gasteiger charge is -2.16. The van der Waals surface area contributed by atoms with Crippen molar-refractivity contribution < 1.29 is 13.2 Å². The van der Waals surface area contributed by atoms with Gasteiger partial charge in [-0.05, 0) is 56.5 Å². The molecule has 25 heavy (non-hydrogen) atoms. The van der Waals surface area contributed by atoms with E-state index in [-0.39, 0.29) is 29.3 Å². The normalized spacial score (nSPS) is 18.6. The standard InChI is InChI=1S/C17H27N3O3S.ClH/c1-13(19-17(21)9-4-14-10-11-18-12-14)15-5-7-16(8-6-15)24(22,23)20(2)3;/h5-8,13-14,18H,4,9-12H2,1-3H3,(H,19,21);1H. The fourth-order valence-corrected chi connectivity index (χ4v) is 3.73. The first kappa shape index (κ1) is 21.9. The van der Waals surface area contributed by atoms with Crippen LogP contribution in [0, 0.1) is 5.92 Å². The second kappa shape index (κ2) is 9.52. The molecule has 2 rings (SSSR count). The highest BCUT2D eigenvalue weighted by molar-refractivity contribution is 7.89. The van der Waals surface area contributed by atoms with Crippen molar-refractivity contribution in [1.82, 2.24) is 14.9 Å². The molecular weight excluding hydrogens is 362 g/mol. The lowest BCUT2D eigenvalue weighted by Crippen LogP contribution is -2.27. The number of benzene rings is 1. The molecule has 2 N–H and O–H groups in total. The number of rotatable bonds is 7. The molecule has 0 bridgehead atoms. The Labute approximate surface area is 156 Å². The van der Waals surface area contributed by atoms with Crippen molar-refractivity contribution in [3.05, 3.63) is 29.8 Å². The smallest absolute Gasteiger partial charge is 0.242 e. The van der Waals surface area contributed by atoms with E-state index in [2.05, 4.69) is 10.6 Å². The molecule has 2 atom stereocenters. The van der Waals surface area contributed by atoms with Gasteiger partial charge in [-0.2, -0.15) is 0 Å². The zero-order valence-electron chi connectivity index (χ0n) is 15.0. The van der Waals surface area contributed by atoms with Crippen molar-refractivity contribution >= 4 is 28.3 Å². The molecule has 1 saturated heterocycles. The third-order valence-electron chi connectivity index (χ3n) is 4.48. The Morgan fingerprint density at radius 1 is 1.32 bits per heavy atom. The number of nitrogens with zero attached hydrogens (tertiary/aromatic N) is 1. The van der Waals surface area contributed by atoms with Crippen LogP contribution < -0.4 is 10.6 Å². The van der Waals surface area contributed by atoms with Crippen LogP contribution >= 0.6 is 12.4 Å². The highest BCUT2D eigenvalue weighted by atomic mass is 35.5. The predicted molar refractivity (Wildman–Crippen MR) is 101 cm³/mol. The summed E-state index contributed by atoms with van der Waals surface area (Å²) in [6.07, 6.45) is 2.58. The Morgan fingerprint density at radius 2 is 1.96 bits per heavy atom. The Bertz CT molecular complexity index is 656. The van der Waals surface area contributed by atoms with Crippen LogP contribution in [-0.2, 0) is 14.8 Å². The van der Waals surface area contributed by atoms with Crippen LogP contribution in [0.15, 0.2) is 29.2 Å². The molecule has 8 heteroatoms. The molecule has 0 saturated carbocycles. The lowest BCUT2D eigenvalue weighted by atomic mass is 10.0. The van der Waals surface area contributed by atoms with Gasteiger partial charge in [0.15, 0.2) is 0 Å². The highest BCUT2D eigenvalue weighted by Gasteiger charge is 2.19. The zero-order valence-corrected chi connectivity index (χ0v) is 16.6. The van der Waals surface area contributed by atoms with Gasteiger partial charge in [-0.3, -0.25) is 4.79 Å². The molecule has 0 aliphatic carbocycles. The number of hydrogen-bond acceptors (Lipinski definition) is 4. The molecule has 1 aliphatic rings. The van der Waals surface area contributed by atoms with Gasteiger partial charge in [0, 0.05) is 20.5 Å². The van der Waals surface area contributed by atoms with Gasteiger partial charge in [0.25, 0.3) is 0 Å². The van der Waals surface area contributed by atoms with E-state index in [0.717, 1.165) is 31.5 Å². The summed E-state index contributed by atoms with van der Waals surface area (Å²) in [5, 5.41) is 6.29. The number of hydrogen-bond donors (Lipinski definition) is 2. The maximum Gasteiger partial charge on any atom is 0.242 e. The number of nitrogens with one attached hydrogen (secondary N) is 2. The summed E-state index contributed by atoms with van der Waals surface area (Å²) < 4.78 is 25.3. The largest absolute Gasteiger partial charge is 0.350 e. The van der Waals surface area contributed by atoms with Gasteiger partial charge in [-0.25, -0.2) is 12.7 Å². The molecule has 1 heterocycles. The number of halogens is 1. The van der Waals surface area contributed by atoms with Gasteiger partial charge in [-0.1, -0.05) is 12.1 Å². The zero-order chi connectivity index (χ0) is 17.7. The molecule has 1 aromatic rings. The molecule has 2 unspecified atom stereocenters. The number of amides is 1. The Morgan fingerprint density at radius 3 is 2.48 bits per heavy atom. The topological polar surface area (TPSA) is 78.5 Å². The van der Waals surface area contributed by atoms with Crippen LogP contribution in [0.4, 0.5) is 0 Å². The Hall–Kier alpha value is -1.15. The first-order chi connectivity index (χ1) is 11.3. The fourth-order valence-electron chi connectivity index (χ4n) is 2.83. The van der Waals surface area contributed by atoms with Gasteiger partial charge in [0.1, 0.15) is 0 Å². The maximum atomic E-state index is 12.1. The molecule has 6 nitrogen and oxygen atoms in total. The van der Waals surface area contributed by atoms with Crippen LogP contribution in [-0.4, -0.2) is 45.8 Å². The summed E-state index contributed by atoms with van der Waals surface area (Å²) in [5.41, 5.74) is 0.892. The van der Waals surface area contributed by atoms with E-state index >= 15 is 0 Å². The molecule has 1 amide bonds. The van der Waals surface area contributed by atoms with Crippen LogP contribution in [0.25, 0.3) is 0 Å². The minimum atomic E-state index is -3.42. The fraction of sp³-hybridized carbons (Fsp3) is 0.588. The van der Waals surface area contributed by atoms with Crippen LogP contribution in [0.1, 0.15) is 37.8 Å². The number of sulfonamides is 1. The SMILES string of the molecule is CC(NC(=O)CCC1CCNC1)c1ccc(S(=O)(=O)N(C)C)cc1.Cl. The summed E-state index contributed by atoms with van der Waals surface area (Å²) >= 11 is 0. The van der Waals surface area contributed by atoms with Crippen LogP contribution in [0.2, 0.25) is 0 Å². The third kappa shape index (κ3) is 5.95. The summed E-state index contributed by atoms with van der Waals surface area (Å²) in [7, 11) is -0.409. The number of carbonyl (C=O) groups is 1. The van der Waals surface area contributed by atoms with Gasteiger partial charge in [-0.15, -0.1) is 12.4 Å². The van der Waals surface area contributed by atoms with Gasteiger partial charge in [0.05, 0.1) is 10.9 Å². The summed E-state index contributed by atoms with van der Waals surface area (Å²) in [5.74, 6) is 0.640. The Balaban J connectivity index is 0.00000312. The molecule has 1 aromatic carbocycles. The minimum Gasteiger partial charge on any atom is -0.350 e. The average molecular weight is 390 g/mol. The summed E-state index contributed by atoms with van der Waals surface area (Å²) in [6.45, 7) is 3.96. The van der Waals surface area contributed by atoms with E-state index in [9.17, 15) is 13.2 Å². The van der Waals surface area contributed by atoms with E-state index in [1.165, 1.54) is 18.4 Å². The molecule has 1 aliphatic heterocycles. The van der Waals surface area contributed by atoms with Crippen molar-refractivity contribution in [2.45, 2.75) is 37.1 Å².